The van der Waals surface area contributed by atoms with Crippen molar-refractivity contribution >= 4 is 10.9 Å². The number of tetrazole rings is 1. The Morgan fingerprint density at radius 2 is 1.63 bits per heavy atom. The number of fused-ring (bicyclic) bond motifs is 1. The summed E-state index contributed by atoms with van der Waals surface area (Å²) >= 11 is 0. The van der Waals surface area contributed by atoms with E-state index in [1.807, 2.05) is 48.0 Å². The number of rotatable bonds is 7. The Balaban J connectivity index is 1.35. The largest absolute Gasteiger partial charge is 0.321 e. The first-order valence-electron chi connectivity index (χ1n) is 13.4. The molecule has 5 aromatic rings. The number of aryl methyl sites for hydroxylation is 1. The Morgan fingerprint density at radius 3 is 2.37 bits per heavy atom. The second kappa shape index (κ2) is 10.7. The van der Waals surface area contributed by atoms with E-state index in [0.717, 1.165) is 54.4 Å². The van der Waals surface area contributed by atoms with Gasteiger partial charge in [0.1, 0.15) is 6.04 Å². The van der Waals surface area contributed by atoms with E-state index in [0.29, 0.717) is 23.9 Å². The number of aromatic amines is 1. The monoisotopic (exact) mass is 504 g/mol. The number of para-hydroxylation sites is 1. The van der Waals surface area contributed by atoms with Crippen molar-refractivity contribution in [3.8, 4) is 0 Å². The summed E-state index contributed by atoms with van der Waals surface area (Å²) in [5, 5.41) is 13.9. The number of H-pyrrole nitrogens is 1. The van der Waals surface area contributed by atoms with Crippen molar-refractivity contribution in [3.05, 3.63) is 123 Å². The van der Waals surface area contributed by atoms with Crippen molar-refractivity contribution in [2.24, 2.45) is 5.92 Å². The van der Waals surface area contributed by atoms with E-state index < -0.39 is 0 Å². The highest BCUT2D eigenvalue weighted by molar-refractivity contribution is 5.82. The third-order valence-electron chi connectivity index (χ3n) is 7.77. The number of nitrogens with one attached hydrogen (secondary N) is 1. The van der Waals surface area contributed by atoms with Gasteiger partial charge in [0.15, 0.2) is 5.82 Å². The van der Waals surface area contributed by atoms with Gasteiger partial charge in [0.25, 0.3) is 5.56 Å². The molecule has 1 aliphatic heterocycles. The molecule has 7 heteroatoms. The second-order valence-electron chi connectivity index (χ2n) is 10.3. The lowest BCUT2D eigenvalue weighted by Crippen LogP contribution is -2.41. The van der Waals surface area contributed by atoms with Crippen LogP contribution in [0.1, 0.15) is 47.0 Å². The van der Waals surface area contributed by atoms with E-state index >= 15 is 0 Å². The summed E-state index contributed by atoms with van der Waals surface area (Å²) in [6, 6.07) is 28.7. The van der Waals surface area contributed by atoms with Crippen LogP contribution in [0.5, 0.6) is 0 Å². The van der Waals surface area contributed by atoms with Crippen molar-refractivity contribution in [3.63, 3.8) is 0 Å². The van der Waals surface area contributed by atoms with Crippen LogP contribution < -0.4 is 5.56 Å². The molecule has 0 unspecified atom stereocenters. The van der Waals surface area contributed by atoms with Crippen LogP contribution in [0.4, 0.5) is 0 Å². The van der Waals surface area contributed by atoms with Crippen LogP contribution in [0.15, 0.2) is 89.7 Å². The predicted octanol–water partition coefficient (Wildman–Crippen LogP) is 4.92. The van der Waals surface area contributed by atoms with Crippen molar-refractivity contribution in [1.29, 1.82) is 0 Å². The van der Waals surface area contributed by atoms with Crippen LogP contribution in [-0.4, -0.2) is 43.2 Å². The SMILES string of the molecule is Cc1cccc2cc([C@@H](c3nnnn3Cc3ccccc3)N3CCC(Cc4ccccc4)CC3)c(=O)[nH]c12. The molecule has 192 valence electrons. The Morgan fingerprint density at radius 1 is 0.921 bits per heavy atom. The predicted molar refractivity (Wildman–Crippen MR) is 149 cm³/mol. The summed E-state index contributed by atoms with van der Waals surface area (Å²) in [5.74, 6) is 1.32. The summed E-state index contributed by atoms with van der Waals surface area (Å²) < 4.78 is 1.84. The molecule has 7 nitrogen and oxygen atoms in total. The van der Waals surface area contributed by atoms with Gasteiger partial charge >= 0.3 is 0 Å². The minimum atomic E-state index is -0.333. The average Bonchev–Trinajstić information content (AvgIpc) is 3.39. The highest BCUT2D eigenvalue weighted by Crippen LogP contribution is 2.32. The molecule has 38 heavy (non-hydrogen) atoms. The molecule has 3 aromatic carbocycles. The molecular formula is C31H32N6O. The van der Waals surface area contributed by atoms with Crippen molar-refractivity contribution in [2.75, 3.05) is 13.1 Å². The zero-order valence-corrected chi connectivity index (χ0v) is 21.6. The van der Waals surface area contributed by atoms with Gasteiger partial charge in [-0.2, -0.15) is 0 Å². The average molecular weight is 505 g/mol. The zero-order chi connectivity index (χ0) is 25.9. The van der Waals surface area contributed by atoms with Crippen molar-refractivity contribution < 1.29 is 0 Å². The number of piperidine rings is 1. The lowest BCUT2D eigenvalue weighted by atomic mass is 9.89. The lowest BCUT2D eigenvalue weighted by Gasteiger charge is -2.37. The number of likely N-dealkylation sites (tertiary alicyclic amines) is 1. The maximum atomic E-state index is 13.6. The quantitative estimate of drug-likeness (QED) is 0.341. The van der Waals surface area contributed by atoms with Crippen LogP contribution >= 0.6 is 0 Å². The molecule has 2 aromatic heterocycles. The molecule has 3 heterocycles. The molecular weight excluding hydrogens is 472 g/mol. The molecule has 1 saturated heterocycles. The van der Waals surface area contributed by atoms with E-state index in [1.165, 1.54) is 5.56 Å². The zero-order valence-electron chi connectivity index (χ0n) is 21.6. The topological polar surface area (TPSA) is 79.7 Å². The van der Waals surface area contributed by atoms with Gasteiger partial charge in [0.2, 0.25) is 0 Å². The van der Waals surface area contributed by atoms with Crippen LogP contribution in [0.25, 0.3) is 10.9 Å². The van der Waals surface area contributed by atoms with Crippen LogP contribution in [0, 0.1) is 12.8 Å². The van der Waals surface area contributed by atoms with Crippen molar-refractivity contribution in [1.82, 2.24) is 30.1 Å². The second-order valence-corrected chi connectivity index (χ2v) is 10.3. The van der Waals surface area contributed by atoms with Gasteiger partial charge in [-0.05, 0) is 83.8 Å². The highest BCUT2D eigenvalue weighted by Gasteiger charge is 2.33. The molecule has 1 fully saturated rings. The Kier molecular flexibility index (Phi) is 6.84. The fraction of sp³-hybridized carbons (Fsp3) is 0.290. The van der Waals surface area contributed by atoms with E-state index in [9.17, 15) is 4.79 Å². The molecule has 0 amide bonds. The maximum absolute atomic E-state index is 13.6. The van der Waals surface area contributed by atoms with Gasteiger partial charge in [-0.25, -0.2) is 4.68 Å². The van der Waals surface area contributed by atoms with Gasteiger partial charge in [0.05, 0.1) is 12.1 Å². The van der Waals surface area contributed by atoms with Gasteiger partial charge in [0, 0.05) is 5.56 Å². The van der Waals surface area contributed by atoms with Crippen LogP contribution in [-0.2, 0) is 13.0 Å². The maximum Gasteiger partial charge on any atom is 0.253 e. The number of benzene rings is 3. The summed E-state index contributed by atoms with van der Waals surface area (Å²) in [7, 11) is 0. The first-order chi connectivity index (χ1) is 18.7. The Bertz CT molecular complexity index is 1570. The van der Waals surface area contributed by atoms with Crippen LogP contribution in [0.2, 0.25) is 0 Å². The number of hydrogen-bond acceptors (Lipinski definition) is 5. The fourth-order valence-electron chi connectivity index (χ4n) is 5.74. The van der Waals surface area contributed by atoms with Crippen LogP contribution in [0.3, 0.4) is 0 Å². The molecule has 1 N–H and O–H groups in total. The summed E-state index contributed by atoms with van der Waals surface area (Å²) in [6.45, 7) is 4.33. The number of nitrogens with zero attached hydrogens (tertiary/aromatic N) is 5. The molecule has 0 radical (unpaired) electrons. The summed E-state index contributed by atoms with van der Waals surface area (Å²) in [5.41, 5.74) is 5.04. The summed E-state index contributed by atoms with van der Waals surface area (Å²) in [6.07, 6.45) is 3.22. The Hall–Kier alpha value is -4.10. The molecule has 0 saturated carbocycles. The van der Waals surface area contributed by atoms with Gasteiger partial charge in [-0.15, -0.1) is 5.10 Å². The minimum absolute atomic E-state index is 0.0857. The minimum Gasteiger partial charge on any atom is -0.321 e. The number of hydrogen-bond donors (Lipinski definition) is 1. The van der Waals surface area contributed by atoms with Gasteiger partial charge in [-0.1, -0.05) is 78.9 Å². The fourth-order valence-corrected chi connectivity index (χ4v) is 5.74. The first kappa shape index (κ1) is 24.2. The van der Waals surface area contributed by atoms with E-state index in [2.05, 4.69) is 73.9 Å². The molecule has 0 spiro atoms. The molecule has 1 aliphatic rings. The van der Waals surface area contributed by atoms with Crippen molar-refractivity contribution in [2.45, 2.75) is 38.8 Å². The number of aromatic nitrogens is 5. The third-order valence-corrected chi connectivity index (χ3v) is 7.77. The smallest absolute Gasteiger partial charge is 0.253 e. The van der Waals surface area contributed by atoms with Gasteiger partial charge in [-0.3, -0.25) is 9.69 Å². The molecule has 1 atom stereocenters. The first-order valence-corrected chi connectivity index (χ1v) is 13.4. The molecule has 0 bridgehead atoms. The summed E-state index contributed by atoms with van der Waals surface area (Å²) in [4.78, 5) is 19.1. The normalized spacial score (nSPS) is 15.6. The van der Waals surface area contributed by atoms with E-state index in [-0.39, 0.29) is 11.6 Å². The van der Waals surface area contributed by atoms with Gasteiger partial charge < -0.3 is 4.98 Å². The lowest BCUT2D eigenvalue weighted by molar-refractivity contribution is 0.143. The third kappa shape index (κ3) is 5.02. The standard InChI is InChI=1S/C31H32N6O/c1-22-9-8-14-26-20-27(31(38)32-28(22)26)29(30-33-34-35-37(30)21-25-12-6-3-7-13-25)36-17-15-24(16-18-36)19-23-10-4-2-5-11-23/h2-14,20,24,29H,15-19,21H2,1H3,(H,32,38)/t29-/m0/s1. The highest BCUT2D eigenvalue weighted by atomic mass is 16.1. The molecule has 0 aliphatic carbocycles. The Labute approximate surface area is 222 Å². The molecule has 6 rings (SSSR count). The van der Waals surface area contributed by atoms with E-state index in [4.69, 9.17) is 0 Å². The van der Waals surface area contributed by atoms with E-state index in [1.54, 1.807) is 0 Å². The number of pyridine rings is 1.